The highest BCUT2D eigenvalue weighted by Gasteiger charge is 2.12. The first-order chi connectivity index (χ1) is 7.58. The highest BCUT2D eigenvalue weighted by atomic mass is 32.1. The zero-order chi connectivity index (χ0) is 11.7. The SMILES string of the molecule is Cc1nc2nccc(N(C)CC(=O)O)c2s1. The van der Waals surface area contributed by atoms with E-state index in [0.717, 1.165) is 15.4 Å². The summed E-state index contributed by atoms with van der Waals surface area (Å²) < 4.78 is 0.934. The van der Waals surface area contributed by atoms with Crippen LogP contribution in [0.5, 0.6) is 0 Å². The van der Waals surface area contributed by atoms with Crippen molar-refractivity contribution in [2.45, 2.75) is 6.92 Å². The molecule has 0 spiro atoms. The highest BCUT2D eigenvalue weighted by molar-refractivity contribution is 7.19. The van der Waals surface area contributed by atoms with Gasteiger partial charge in [-0.25, -0.2) is 9.97 Å². The Morgan fingerprint density at radius 3 is 3.06 bits per heavy atom. The molecule has 0 amide bonds. The lowest BCUT2D eigenvalue weighted by atomic mass is 10.3. The third-order valence-electron chi connectivity index (χ3n) is 2.16. The van der Waals surface area contributed by atoms with E-state index in [9.17, 15) is 4.79 Å². The summed E-state index contributed by atoms with van der Waals surface area (Å²) in [5.74, 6) is -0.853. The molecule has 2 rings (SSSR count). The van der Waals surface area contributed by atoms with Crippen LogP contribution in [0.25, 0.3) is 10.3 Å². The minimum Gasteiger partial charge on any atom is -0.480 e. The molecule has 0 saturated heterocycles. The van der Waals surface area contributed by atoms with Crippen LogP contribution < -0.4 is 4.90 Å². The van der Waals surface area contributed by atoms with Crippen LogP contribution in [0.4, 0.5) is 5.69 Å². The van der Waals surface area contributed by atoms with Gasteiger partial charge in [0.25, 0.3) is 0 Å². The number of aryl methyl sites for hydroxylation is 1. The lowest BCUT2D eigenvalue weighted by Gasteiger charge is -2.16. The number of aliphatic carboxylic acids is 1. The van der Waals surface area contributed by atoms with Crippen LogP contribution in [-0.4, -0.2) is 34.6 Å². The largest absolute Gasteiger partial charge is 0.480 e. The van der Waals surface area contributed by atoms with Gasteiger partial charge in [-0.2, -0.15) is 0 Å². The van der Waals surface area contributed by atoms with Crippen molar-refractivity contribution in [2.75, 3.05) is 18.5 Å². The molecular weight excluding hydrogens is 226 g/mol. The molecule has 16 heavy (non-hydrogen) atoms. The number of carboxylic acids is 1. The Morgan fingerprint density at radius 2 is 2.38 bits per heavy atom. The maximum atomic E-state index is 10.7. The molecule has 0 saturated carbocycles. The summed E-state index contributed by atoms with van der Waals surface area (Å²) in [7, 11) is 1.75. The van der Waals surface area contributed by atoms with Crippen molar-refractivity contribution < 1.29 is 9.90 Å². The highest BCUT2D eigenvalue weighted by Crippen LogP contribution is 2.29. The van der Waals surface area contributed by atoms with Gasteiger partial charge in [0, 0.05) is 13.2 Å². The maximum Gasteiger partial charge on any atom is 0.323 e. The average molecular weight is 237 g/mol. The van der Waals surface area contributed by atoms with Crippen LogP contribution in [-0.2, 0) is 4.79 Å². The molecular formula is C10H11N3O2S. The molecule has 2 heterocycles. The number of carboxylic acid groups (broad SMARTS) is 1. The van der Waals surface area contributed by atoms with Crippen molar-refractivity contribution in [1.82, 2.24) is 9.97 Å². The fourth-order valence-corrected chi connectivity index (χ4v) is 2.46. The number of anilines is 1. The molecule has 0 unspecified atom stereocenters. The number of thiazole rings is 1. The number of aromatic nitrogens is 2. The van der Waals surface area contributed by atoms with Gasteiger partial charge in [0.1, 0.15) is 6.54 Å². The van der Waals surface area contributed by atoms with E-state index < -0.39 is 5.97 Å². The van der Waals surface area contributed by atoms with Crippen LogP contribution in [0.1, 0.15) is 5.01 Å². The summed E-state index contributed by atoms with van der Waals surface area (Å²) in [5, 5.41) is 9.68. The fourth-order valence-electron chi connectivity index (χ4n) is 1.51. The van der Waals surface area contributed by atoms with Crippen LogP contribution in [0.15, 0.2) is 12.3 Å². The van der Waals surface area contributed by atoms with E-state index in [2.05, 4.69) is 9.97 Å². The molecule has 0 radical (unpaired) electrons. The van der Waals surface area contributed by atoms with Gasteiger partial charge in [-0.1, -0.05) is 0 Å². The van der Waals surface area contributed by atoms with E-state index in [1.54, 1.807) is 18.1 Å². The fraction of sp³-hybridized carbons (Fsp3) is 0.300. The number of hydrogen-bond acceptors (Lipinski definition) is 5. The molecule has 0 aliphatic carbocycles. The Hall–Kier alpha value is -1.69. The Bertz CT molecular complexity index is 538. The number of fused-ring (bicyclic) bond motifs is 1. The minimum absolute atomic E-state index is 0.0317. The molecule has 0 bridgehead atoms. The second kappa shape index (κ2) is 4.05. The molecule has 5 nitrogen and oxygen atoms in total. The standard InChI is InChI=1S/C10H11N3O2S/c1-6-12-10-9(16-6)7(3-4-11-10)13(2)5-8(14)15/h3-4H,5H2,1-2H3,(H,14,15). The van der Waals surface area contributed by atoms with Gasteiger partial charge in [0.2, 0.25) is 0 Å². The number of carbonyl (C=O) groups is 1. The van der Waals surface area contributed by atoms with Gasteiger partial charge in [0.15, 0.2) is 5.65 Å². The summed E-state index contributed by atoms with van der Waals surface area (Å²) in [6.07, 6.45) is 1.65. The number of nitrogens with zero attached hydrogens (tertiary/aromatic N) is 3. The third-order valence-corrected chi connectivity index (χ3v) is 3.14. The molecule has 0 fully saturated rings. The lowest BCUT2D eigenvalue weighted by molar-refractivity contribution is -0.135. The van der Waals surface area contributed by atoms with E-state index in [-0.39, 0.29) is 6.54 Å². The van der Waals surface area contributed by atoms with Crippen LogP contribution in [0.2, 0.25) is 0 Å². The van der Waals surface area contributed by atoms with Crippen LogP contribution in [0.3, 0.4) is 0 Å². The van der Waals surface area contributed by atoms with Gasteiger partial charge >= 0.3 is 5.97 Å². The zero-order valence-corrected chi connectivity index (χ0v) is 9.78. The predicted octanol–water partition coefficient (Wildman–Crippen LogP) is 1.52. The van der Waals surface area contributed by atoms with Crippen LogP contribution >= 0.6 is 11.3 Å². The van der Waals surface area contributed by atoms with Crippen molar-refractivity contribution >= 4 is 33.3 Å². The second-order valence-corrected chi connectivity index (χ2v) is 4.67. The van der Waals surface area contributed by atoms with Crippen molar-refractivity contribution in [1.29, 1.82) is 0 Å². The van der Waals surface area contributed by atoms with Gasteiger partial charge in [-0.15, -0.1) is 11.3 Å². The number of rotatable bonds is 3. The average Bonchev–Trinajstić information content (AvgIpc) is 2.55. The van der Waals surface area contributed by atoms with Crippen molar-refractivity contribution in [3.05, 3.63) is 17.3 Å². The Balaban J connectivity index is 2.47. The molecule has 0 aromatic carbocycles. The lowest BCUT2D eigenvalue weighted by Crippen LogP contribution is -2.25. The molecule has 1 N–H and O–H groups in total. The van der Waals surface area contributed by atoms with Crippen molar-refractivity contribution in [2.24, 2.45) is 0 Å². The van der Waals surface area contributed by atoms with Crippen molar-refractivity contribution in [3.63, 3.8) is 0 Å². The molecule has 2 aromatic rings. The minimum atomic E-state index is -0.853. The number of pyridine rings is 1. The summed E-state index contributed by atoms with van der Waals surface area (Å²) in [5.41, 5.74) is 1.54. The monoisotopic (exact) mass is 237 g/mol. The topological polar surface area (TPSA) is 66.3 Å². The number of likely N-dealkylation sites (N-methyl/N-ethyl adjacent to an activating group) is 1. The van der Waals surface area contributed by atoms with E-state index in [4.69, 9.17) is 5.11 Å². The quantitative estimate of drug-likeness (QED) is 0.876. The summed E-state index contributed by atoms with van der Waals surface area (Å²) in [6.45, 7) is 1.88. The Kier molecular flexibility index (Phi) is 2.74. The van der Waals surface area contributed by atoms with Gasteiger partial charge in [0.05, 0.1) is 15.4 Å². The Morgan fingerprint density at radius 1 is 1.62 bits per heavy atom. The van der Waals surface area contributed by atoms with Crippen molar-refractivity contribution in [3.8, 4) is 0 Å². The molecule has 0 aliphatic heterocycles. The zero-order valence-electron chi connectivity index (χ0n) is 8.97. The second-order valence-electron chi connectivity index (χ2n) is 3.47. The summed E-state index contributed by atoms with van der Waals surface area (Å²) >= 11 is 1.53. The van der Waals surface area contributed by atoms with Gasteiger partial charge in [-0.3, -0.25) is 4.79 Å². The van der Waals surface area contributed by atoms with E-state index in [1.165, 1.54) is 11.3 Å². The van der Waals surface area contributed by atoms with E-state index in [0.29, 0.717) is 5.65 Å². The predicted molar refractivity (Wildman–Crippen MR) is 63.1 cm³/mol. The molecule has 6 heteroatoms. The maximum absolute atomic E-state index is 10.7. The van der Waals surface area contributed by atoms with E-state index >= 15 is 0 Å². The molecule has 0 aliphatic rings. The van der Waals surface area contributed by atoms with Gasteiger partial charge in [-0.05, 0) is 13.0 Å². The summed E-state index contributed by atoms with van der Waals surface area (Å²) in [6, 6.07) is 1.81. The van der Waals surface area contributed by atoms with E-state index in [1.807, 2.05) is 13.0 Å². The first-order valence-electron chi connectivity index (χ1n) is 4.73. The third kappa shape index (κ3) is 1.96. The smallest absolute Gasteiger partial charge is 0.323 e. The molecule has 0 atom stereocenters. The first-order valence-corrected chi connectivity index (χ1v) is 5.54. The number of hydrogen-bond donors (Lipinski definition) is 1. The molecule has 2 aromatic heterocycles. The normalized spacial score (nSPS) is 10.6. The molecule has 84 valence electrons. The Labute approximate surface area is 96.4 Å². The summed E-state index contributed by atoms with van der Waals surface area (Å²) in [4.78, 5) is 20.8. The first kappa shape index (κ1) is 10.8. The van der Waals surface area contributed by atoms with Gasteiger partial charge < -0.3 is 10.0 Å². The van der Waals surface area contributed by atoms with Crippen LogP contribution in [0, 0.1) is 6.92 Å².